The molecule has 13 nitrogen and oxygen atoms in total. The molecule has 2 aliphatic rings. The SMILES string of the molecule is CON=C1[C@@H](OC)C[C@H](C)CC2=C(NC(=O)c3ccccc3)C(=O)C=C(NC(=O)/C(C)=C/C=C\[C@H](OC)[C@@H](OC(N)=O)/C(C)=C/[C@@H]1C)C2=O. The van der Waals surface area contributed by atoms with Crippen LogP contribution in [0.2, 0.25) is 0 Å². The molecule has 3 amide bonds. The minimum absolute atomic E-state index is 0.0391. The van der Waals surface area contributed by atoms with Gasteiger partial charge in [0.2, 0.25) is 11.6 Å². The summed E-state index contributed by atoms with van der Waals surface area (Å²) in [6.07, 6.45) is 4.43. The molecule has 5 atom stereocenters. The lowest BCUT2D eigenvalue weighted by Gasteiger charge is -2.27. The summed E-state index contributed by atoms with van der Waals surface area (Å²) in [7, 11) is 4.35. The second-order valence-electron chi connectivity index (χ2n) is 11.8. The fourth-order valence-corrected chi connectivity index (χ4v) is 5.60. The maximum Gasteiger partial charge on any atom is 0.405 e. The smallest absolute Gasteiger partial charge is 0.405 e. The van der Waals surface area contributed by atoms with Gasteiger partial charge in [-0.3, -0.25) is 19.2 Å². The Bertz CT molecular complexity index is 1620. The molecule has 0 saturated carbocycles. The van der Waals surface area contributed by atoms with Crippen molar-refractivity contribution in [3.8, 4) is 0 Å². The van der Waals surface area contributed by atoms with E-state index in [9.17, 15) is 24.0 Å². The number of carbonyl (C=O) groups excluding carboxylic acids is 5. The highest BCUT2D eigenvalue weighted by Crippen LogP contribution is 2.28. The second-order valence-corrected chi connectivity index (χ2v) is 11.8. The number of fused-ring (bicyclic) bond motifs is 2. The molecule has 1 heterocycles. The Morgan fingerprint density at radius 2 is 1.71 bits per heavy atom. The van der Waals surface area contributed by atoms with Crippen molar-refractivity contribution in [1.29, 1.82) is 0 Å². The predicted octanol–water partition coefficient (Wildman–Crippen LogP) is 3.83. The first kappa shape index (κ1) is 38.3. The van der Waals surface area contributed by atoms with E-state index in [1.807, 2.05) is 19.9 Å². The lowest BCUT2D eigenvalue weighted by atomic mass is 9.85. The van der Waals surface area contributed by atoms with Crippen LogP contribution in [0.25, 0.3) is 0 Å². The molecule has 49 heavy (non-hydrogen) atoms. The van der Waals surface area contributed by atoms with E-state index >= 15 is 0 Å². The van der Waals surface area contributed by atoms with Crippen molar-refractivity contribution < 1.29 is 43.0 Å². The van der Waals surface area contributed by atoms with Crippen LogP contribution in [0.4, 0.5) is 4.79 Å². The van der Waals surface area contributed by atoms with E-state index in [4.69, 9.17) is 24.8 Å². The van der Waals surface area contributed by atoms with Gasteiger partial charge in [0.25, 0.3) is 11.8 Å². The number of Topliss-reactive ketones (excluding diaryl/α,β-unsaturated/α-hetero) is 1. The Labute approximate surface area is 285 Å². The zero-order chi connectivity index (χ0) is 36.2. The number of primary amides is 1. The van der Waals surface area contributed by atoms with Gasteiger partial charge in [-0.2, -0.15) is 0 Å². The number of nitrogens with zero attached hydrogens (tertiary/aromatic N) is 1. The van der Waals surface area contributed by atoms with E-state index in [-0.39, 0.29) is 34.9 Å². The van der Waals surface area contributed by atoms with Crippen molar-refractivity contribution in [1.82, 2.24) is 10.6 Å². The zero-order valence-corrected chi connectivity index (χ0v) is 28.8. The maximum absolute atomic E-state index is 13.9. The van der Waals surface area contributed by atoms with Crippen molar-refractivity contribution in [2.75, 3.05) is 21.3 Å². The van der Waals surface area contributed by atoms with Crippen LogP contribution in [0.1, 0.15) is 50.9 Å². The summed E-state index contributed by atoms with van der Waals surface area (Å²) in [5.41, 5.74) is 6.65. The Balaban J connectivity index is 2.15. The molecule has 1 aromatic rings. The third kappa shape index (κ3) is 10.2. The highest BCUT2D eigenvalue weighted by atomic mass is 16.6. The summed E-state index contributed by atoms with van der Waals surface area (Å²) >= 11 is 0. The van der Waals surface area contributed by atoms with E-state index in [2.05, 4.69) is 15.8 Å². The van der Waals surface area contributed by atoms with E-state index < -0.39 is 53.7 Å². The van der Waals surface area contributed by atoms with Crippen LogP contribution in [-0.4, -0.2) is 74.8 Å². The van der Waals surface area contributed by atoms with E-state index in [0.29, 0.717) is 23.3 Å². The first-order valence-corrected chi connectivity index (χ1v) is 15.7. The molecule has 1 aliphatic carbocycles. The van der Waals surface area contributed by atoms with Crippen molar-refractivity contribution in [2.45, 2.75) is 58.8 Å². The molecular formula is C36H44N4O9. The molecule has 0 spiro atoms. The van der Waals surface area contributed by atoms with Crippen LogP contribution in [0.15, 0.2) is 94.0 Å². The number of rotatable bonds is 6. The highest BCUT2D eigenvalue weighted by molar-refractivity contribution is 6.24. The minimum Gasteiger partial charge on any atom is -0.439 e. The first-order valence-electron chi connectivity index (χ1n) is 15.7. The van der Waals surface area contributed by atoms with Crippen LogP contribution in [0.3, 0.4) is 0 Å². The fraction of sp³-hybridized carbons (Fsp3) is 0.389. The molecule has 262 valence electrons. The molecule has 13 heteroatoms. The number of oxime groups is 1. The first-order chi connectivity index (χ1) is 23.3. The summed E-state index contributed by atoms with van der Waals surface area (Å²) in [5, 5.41) is 9.44. The van der Waals surface area contributed by atoms with Gasteiger partial charge in [0, 0.05) is 42.9 Å². The Hall–Kier alpha value is -5.14. The summed E-state index contributed by atoms with van der Waals surface area (Å²) in [6.45, 7) is 7.00. The van der Waals surface area contributed by atoms with Gasteiger partial charge in [-0.05, 0) is 50.3 Å². The average molecular weight is 677 g/mol. The van der Waals surface area contributed by atoms with Crippen molar-refractivity contribution in [3.05, 3.63) is 94.4 Å². The molecule has 0 unspecified atom stereocenters. The van der Waals surface area contributed by atoms with E-state index in [0.717, 1.165) is 6.08 Å². The Morgan fingerprint density at radius 3 is 2.33 bits per heavy atom. The van der Waals surface area contributed by atoms with Crippen LogP contribution in [-0.2, 0) is 33.4 Å². The van der Waals surface area contributed by atoms with E-state index in [1.54, 1.807) is 43.3 Å². The third-order valence-electron chi connectivity index (χ3n) is 8.09. The monoisotopic (exact) mass is 676 g/mol. The van der Waals surface area contributed by atoms with Crippen LogP contribution in [0, 0.1) is 11.8 Å². The number of methoxy groups -OCH3 is 2. The third-order valence-corrected chi connectivity index (χ3v) is 8.09. The van der Waals surface area contributed by atoms with Gasteiger partial charge in [0.1, 0.15) is 13.2 Å². The largest absolute Gasteiger partial charge is 0.439 e. The van der Waals surface area contributed by atoms with Crippen molar-refractivity contribution in [3.63, 3.8) is 0 Å². The molecule has 0 saturated heterocycles. The number of benzene rings is 1. The van der Waals surface area contributed by atoms with Gasteiger partial charge in [-0.15, -0.1) is 0 Å². The number of carbonyl (C=O) groups is 5. The molecule has 2 bridgehead atoms. The standard InChI is InChI=1S/C36H44N4O9/c1-20-16-25-31(39-35(44)24-13-9-8-10-14-24)27(41)19-26(32(25)42)38-34(43)21(2)12-11-15-28(46-5)33(49-36(37)45)23(4)18-22(3)30(40-48-7)29(17-20)47-6/h8-15,18-20,22,28-29,33H,16-17H2,1-7H3,(H2,37,45)(H,38,43)(H,39,44)/b15-11-,21-12+,23-18+,40-30?/t20-,22+,28+,29+,33+/m1/s1. The Kier molecular flexibility index (Phi) is 14.0. The number of nitrogens with two attached hydrogens (primary N) is 1. The van der Waals surface area contributed by atoms with Gasteiger partial charge in [0.15, 0.2) is 6.10 Å². The summed E-state index contributed by atoms with van der Waals surface area (Å²) < 4.78 is 16.9. The molecule has 0 fully saturated rings. The molecule has 3 rings (SSSR count). The number of amides is 3. The van der Waals surface area contributed by atoms with Crippen molar-refractivity contribution >= 4 is 35.2 Å². The zero-order valence-electron chi connectivity index (χ0n) is 28.8. The number of ether oxygens (including phenoxy) is 3. The van der Waals surface area contributed by atoms with Gasteiger partial charge in [-0.1, -0.05) is 61.5 Å². The lowest BCUT2D eigenvalue weighted by molar-refractivity contribution is -0.120. The van der Waals surface area contributed by atoms with Crippen LogP contribution >= 0.6 is 0 Å². The normalized spacial score (nSPS) is 28.0. The van der Waals surface area contributed by atoms with Gasteiger partial charge < -0.3 is 35.4 Å². The molecule has 1 aromatic carbocycles. The average Bonchev–Trinajstić information content (AvgIpc) is 3.07. The number of allylic oxidation sites excluding steroid dienone is 5. The quantitative estimate of drug-likeness (QED) is 0.229. The molecular weight excluding hydrogens is 632 g/mol. The van der Waals surface area contributed by atoms with E-state index in [1.165, 1.54) is 40.4 Å². The van der Waals surface area contributed by atoms with Crippen molar-refractivity contribution in [2.24, 2.45) is 22.7 Å². The second kappa shape index (κ2) is 17.9. The lowest BCUT2D eigenvalue weighted by Crippen LogP contribution is -2.38. The van der Waals surface area contributed by atoms with Crippen LogP contribution < -0.4 is 16.4 Å². The minimum atomic E-state index is -1.01. The molecule has 1 aliphatic heterocycles. The van der Waals surface area contributed by atoms with Gasteiger partial charge >= 0.3 is 6.09 Å². The molecule has 4 N–H and O–H groups in total. The number of hydrogen-bond acceptors (Lipinski definition) is 10. The van der Waals surface area contributed by atoms with Crippen LogP contribution in [0.5, 0.6) is 0 Å². The number of ketones is 2. The van der Waals surface area contributed by atoms with Gasteiger partial charge in [-0.25, -0.2) is 4.79 Å². The molecule has 0 aromatic heterocycles. The summed E-state index contributed by atoms with van der Waals surface area (Å²) in [6, 6.07) is 8.29. The number of hydrogen-bond donors (Lipinski definition) is 3. The Morgan fingerprint density at radius 1 is 1.02 bits per heavy atom. The van der Waals surface area contributed by atoms with Gasteiger partial charge in [0.05, 0.1) is 23.2 Å². The summed E-state index contributed by atoms with van der Waals surface area (Å²) in [5.74, 6) is -3.17. The predicted molar refractivity (Wildman–Crippen MR) is 182 cm³/mol. The maximum atomic E-state index is 13.9. The molecule has 0 radical (unpaired) electrons. The number of nitrogens with one attached hydrogen (secondary N) is 2. The highest BCUT2D eigenvalue weighted by Gasteiger charge is 2.34. The topological polar surface area (TPSA) is 185 Å². The summed E-state index contributed by atoms with van der Waals surface area (Å²) in [4.78, 5) is 70.8. The fourth-order valence-electron chi connectivity index (χ4n) is 5.60.